The zero-order chi connectivity index (χ0) is 27.8. The van der Waals surface area contributed by atoms with Gasteiger partial charge in [-0.2, -0.15) is 4.98 Å². The summed E-state index contributed by atoms with van der Waals surface area (Å²) in [4.78, 5) is 39.9. The van der Waals surface area contributed by atoms with Crippen LogP contribution in [0, 0.1) is 0 Å². The van der Waals surface area contributed by atoms with Crippen LogP contribution in [0.1, 0.15) is 35.9 Å². The fourth-order valence-corrected chi connectivity index (χ4v) is 5.02. The first-order valence-electron chi connectivity index (χ1n) is 13.7. The first-order valence-corrected chi connectivity index (χ1v) is 13.7. The molecule has 2 aromatic rings. The van der Waals surface area contributed by atoms with Gasteiger partial charge in [-0.15, -0.1) is 0 Å². The number of aryl methyl sites for hydroxylation is 1. The third-order valence-corrected chi connectivity index (χ3v) is 7.34. The molecule has 4 N–H and O–H groups in total. The van der Waals surface area contributed by atoms with Crippen LogP contribution in [-0.4, -0.2) is 97.1 Å². The molecule has 1 aromatic carbocycles. The number of nitrogens with zero attached hydrogens (tertiary/aromatic N) is 5. The third-order valence-electron chi connectivity index (χ3n) is 7.34. The highest BCUT2D eigenvalue weighted by Gasteiger charge is 2.27. The third kappa shape index (κ3) is 7.45. The Labute approximate surface area is 230 Å². The van der Waals surface area contributed by atoms with Crippen molar-refractivity contribution in [3.05, 3.63) is 48.3 Å². The van der Waals surface area contributed by atoms with Crippen LogP contribution in [0.2, 0.25) is 0 Å². The molecule has 2 saturated heterocycles. The molecular formula is C28H40N8O3. The SMILES string of the molecule is C=CC(=O)NCCOc1nc(Nc2ccc(N3CCC(N4CCN(C)CC4)CC3)cc2)c(C(N)=O)nc1CC. The van der Waals surface area contributed by atoms with Gasteiger partial charge in [0.15, 0.2) is 11.5 Å². The van der Waals surface area contributed by atoms with Gasteiger partial charge in [-0.1, -0.05) is 13.5 Å². The molecule has 1 aromatic heterocycles. The number of nitrogens with one attached hydrogen (secondary N) is 2. The van der Waals surface area contributed by atoms with Gasteiger partial charge in [0.1, 0.15) is 12.3 Å². The van der Waals surface area contributed by atoms with E-state index in [0.29, 0.717) is 18.2 Å². The van der Waals surface area contributed by atoms with E-state index in [1.165, 1.54) is 24.6 Å². The average Bonchev–Trinajstić information content (AvgIpc) is 2.96. The van der Waals surface area contributed by atoms with E-state index in [4.69, 9.17) is 10.5 Å². The second kappa shape index (κ2) is 13.4. The highest BCUT2D eigenvalue weighted by atomic mass is 16.5. The maximum absolute atomic E-state index is 12.1. The van der Waals surface area contributed by atoms with Gasteiger partial charge in [-0.3, -0.25) is 14.5 Å². The number of rotatable bonds is 11. The highest BCUT2D eigenvalue weighted by molar-refractivity contribution is 5.96. The summed E-state index contributed by atoms with van der Waals surface area (Å²) in [6.07, 6.45) is 4.04. The van der Waals surface area contributed by atoms with Crippen LogP contribution < -0.4 is 26.0 Å². The van der Waals surface area contributed by atoms with Gasteiger partial charge in [0.25, 0.3) is 5.91 Å². The highest BCUT2D eigenvalue weighted by Crippen LogP contribution is 2.27. The molecule has 0 atom stereocenters. The molecule has 39 heavy (non-hydrogen) atoms. The second-order valence-electron chi connectivity index (χ2n) is 9.96. The molecular weight excluding hydrogens is 496 g/mol. The molecule has 210 valence electrons. The molecule has 0 saturated carbocycles. The van der Waals surface area contributed by atoms with Crippen molar-refractivity contribution in [1.29, 1.82) is 0 Å². The Bertz CT molecular complexity index is 1140. The smallest absolute Gasteiger partial charge is 0.271 e. The summed E-state index contributed by atoms with van der Waals surface area (Å²) in [5.74, 6) is -0.442. The van der Waals surface area contributed by atoms with E-state index in [1.54, 1.807) is 0 Å². The summed E-state index contributed by atoms with van der Waals surface area (Å²) >= 11 is 0. The summed E-state index contributed by atoms with van der Waals surface area (Å²) in [7, 11) is 2.20. The van der Waals surface area contributed by atoms with Crippen LogP contribution in [0.4, 0.5) is 17.2 Å². The van der Waals surface area contributed by atoms with Crippen molar-refractivity contribution in [3.63, 3.8) is 0 Å². The van der Waals surface area contributed by atoms with E-state index in [1.807, 2.05) is 19.1 Å². The van der Waals surface area contributed by atoms with Crippen molar-refractivity contribution in [2.24, 2.45) is 5.73 Å². The van der Waals surface area contributed by atoms with Gasteiger partial charge in [-0.05, 0) is 56.7 Å². The average molecular weight is 537 g/mol. The molecule has 2 aliphatic rings. The van der Waals surface area contributed by atoms with Crippen LogP contribution in [0.15, 0.2) is 36.9 Å². The molecule has 0 radical (unpaired) electrons. The van der Waals surface area contributed by atoms with Gasteiger partial charge in [-0.25, -0.2) is 4.98 Å². The molecule has 0 bridgehead atoms. The molecule has 0 aliphatic carbocycles. The zero-order valence-corrected chi connectivity index (χ0v) is 23.0. The van der Waals surface area contributed by atoms with E-state index >= 15 is 0 Å². The molecule has 2 amide bonds. The minimum Gasteiger partial charge on any atom is -0.474 e. The van der Waals surface area contributed by atoms with Gasteiger partial charge in [0.05, 0.1) is 6.54 Å². The Kier molecular flexibility index (Phi) is 9.72. The standard InChI is InChI=1S/C28H40N8O3/c1-4-23-28(39-19-12-30-24(37)5-2)33-27(25(32-23)26(29)38)31-20-6-8-21(9-7-20)35-13-10-22(11-14-35)36-17-15-34(3)16-18-36/h5-9,22H,2,4,10-19H2,1,3H3,(H2,29,38)(H,30,37)(H,31,33). The van der Waals surface area contributed by atoms with Crippen LogP contribution in [0.3, 0.4) is 0 Å². The molecule has 2 aliphatic heterocycles. The minimum absolute atomic E-state index is 0.0502. The monoisotopic (exact) mass is 536 g/mol. The summed E-state index contributed by atoms with van der Waals surface area (Å²) in [5.41, 5.74) is 8.11. The van der Waals surface area contributed by atoms with E-state index in [-0.39, 0.29) is 36.5 Å². The number of piperidine rings is 1. The Morgan fingerprint density at radius 3 is 2.41 bits per heavy atom. The van der Waals surface area contributed by atoms with Crippen molar-refractivity contribution in [1.82, 2.24) is 25.1 Å². The van der Waals surface area contributed by atoms with Crippen molar-refractivity contribution in [3.8, 4) is 5.88 Å². The molecule has 11 nitrogen and oxygen atoms in total. The Balaban J connectivity index is 1.39. The van der Waals surface area contributed by atoms with Crippen LogP contribution in [-0.2, 0) is 11.2 Å². The number of likely N-dealkylation sites (N-methyl/N-ethyl adjacent to an activating group) is 1. The number of aromatic nitrogens is 2. The Morgan fingerprint density at radius 1 is 1.10 bits per heavy atom. The molecule has 0 unspecified atom stereocenters. The molecule has 2 fully saturated rings. The van der Waals surface area contributed by atoms with Crippen LogP contribution in [0.5, 0.6) is 5.88 Å². The first kappa shape index (κ1) is 28.3. The van der Waals surface area contributed by atoms with E-state index in [9.17, 15) is 9.59 Å². The fourth-order valence-electron chi connectivity index (χ4n) is 5.02. The van der Waals surface area contributed by atoms with Crippen molar-refractivity contribution >= 4 is 29.0 Å². The summed E-state index contributed by atoms with van der Waals surface area (Å²) in [6.45, 7) is 12.5. The number of piperazine rings is 1. The maximum Gasteiger partial charge on any atom is 0.271 e. The normalized spacial score (nSPS) is 17.0. The number of carbonyl (C=O) groups excluding carboxylic acids is 2. The van der Waals surface area contributed by atoms with Crippen molar-refractivity contribution in [2.75, 3.05) is 69.7 Å². The lowest BCUT2D eigenvalue weighted by molar-refractivity contribution is -0.116. The number of nitrogens with two attached hydrogens (primary N) is 1. The lowest BCUT2D eigenvalue weighted by Crippen LogP contribution is -2.52. The molecule has 4 rings (SSSR count). The maximum atomic E-state index is 12.1. The molecule has 3 heterocycles. The quantitative estimate of drug-likeness (QED) is 0.291. The van der Waals surface area contributed by atoms with Crippen molar-refractivity contribution in [2.45, 2.75) is 32.2 Å². The summed E-state index contributed by atoms with van der Waals surface area (Å²) in [5, 5.41) is 5.83. The summed E-state index contributed by atoms with van der Waals surface area (Å²) < 4.78 is 5.76. The number of carbonyl (C=O) groups is 2. The Hall–Kier alpha value is -3.70. The van der Waals surface area contributed by atoms with Gasteiger partial charge < -0.3 is 30.9 Å². The van der Waals surface area contributed by atoms with Crippen LogP contribution in [0.25, 0.3) is 0 Å². The number of amides is 2. The number of primary amides is 1. The summed E-state index contributed by atoms with van der Waals surface area (Å²) in [6, 6.07) is 8.76. The largest absolute Gasteiger partial charge is 0.474 e. The van der Waals surface area contributed by atoms with Crippen LogP contribution >= 0.6 is 0 Å². The number of benzene rings is 1. The predicted octanol–water partition coefficient (Wildman–Crippen LogP) is 1.78. The number of hydrogen-bond acceptors (Lipinski definition) is 9. The topological polar surface area (TPSA) is 129 Å². The van der Waals surface area contributed by atoms with E-state index in [2.05, 4.69) is 61.1 Å². The number of hydrogen-bond donors (Lipinski definition) is 3. The minimum atomic E-state index is -0.677. The van der Waals surface area contributed by atoms with Gasteiger partial charge in [0.2, 0.25) is 11.8 Å². The van der Waals surface area contributed by atoms with E-state index < -0.39 is 5.91 Å². The zero-order valence-electron chi connectivity index (χ0n) is 23.0. The predicted molar refractivity (Wildman–Crippen MR) is 153 cm³/mol. The fraction of sp³-hybridized carbons (Fsp3) is 0.500. The van der Waals surface area contributed by atoms with Gasteiger partial charge >= 0.3 is 0 Å². The lowest BCUT2D eigenvalue weighted by atomic mass is 10.0. The lowest BCUT2D eigenvalue weighted by Gasteiger charge is -2.42. The van der Waals surface area contributed by atoms with Gasteiger partial charge in [0, 0.05) is 56.7 Å². The first-order chi connectivity index (χ1) is 18.9. The number of ether oxygens (including phenoxy) is 1. The second-order valence-corrected chi connectivity index (χ2v) is 9.96. The number of anilines is 3. The molecule has 11 heteroatoms. The molecule has 0 spiro atoms. The Morgan fingerprint density at radius 2 is 1.79 bits per heavy atom. The van der Waals surface area contributed by atoms with Crippen molar-refractivity contribution < 1.29 is 14.3 Å². The van der Waals surface area contributed by atoms with E-state index in [0.717, 1.165) is 45.0 Å².